The van der Waals surface area contributed by atoms with Crippen molar-refractivity contribution in [1.82, 2.24) is 4.90 Å². The normalized spacial score (nSPS) is 13.4. The molecule has 0 bridgehead atoms. The Kier molecular flexibility index (Phi) is 5.96. The minimum absolute atomic E-state index is 0. The molecular weight excluding hydrogens is 380 g/mol. The van der Waals surface area contributed by atoms with E-state index in [4.69, 9.17) is 5.73 Å². The van der Waals surface area contributed by atoms with E-state index in [2.05, 4.69) is 10.2 Å². The van der Waals surface area contributed by atoms with E-state index in [0.29, 0.717) is 23.5 Å². The number of nitro benzene ring substituents is 1. The molecule has 8 nitrogen and oxygen atoms in total. The van der Waals surface area contributed by atoms with Gasteiger partial charge in [0.25, 0.3) is 17.5 Å². The molecule has 0 radical (unpaired) electrons. The molecule has 138 valence electrons. The van der Waals surface area contributed by atoms with Gasteiger partial charge in [0.05, 0.1) is 10.5 Å². The number of non-ortho nitro benzene ring substituents is 1. The molecule has 0 saturated heterocycles. The van der Waals surface area contributed by atoms with Gasteiger partial charge in [-0.25, -0.2) is 0 Å². The Labute approximate surface area is 159 Å². The minimum atomic E-state index is -0.568. The first-order valence-corrected chi connectivity index (χ1v) is 8.37. The van der Waals surface area contributed by atoms with Crippen LogP contribution < -0.4 is 11.1 Å². The Hall–Kier alpha value is -2.49. The molecule has 3 N–H and O–H groups in total. The molecule has 0 aliphatic carbocycles. The number of carbonyl (C=O) groups is 2. The first-order valence-electron chi connectivity index (χ1n) is 7.55. The molecule has 0 spiro atoms. The Morgan fingerprint density at radius 3 is 2.54 bits per heavy atom. The van der Waals surface area contributed by atoms with Crippen LogP contribution in [0.15, 0.2) is 24.3 Å². The van der Waals surface area contributed by atoms with Gasteiger partial charge in [-0.15, -0.1) is 23.7 Å². The van der Waals surface area contributed by atoms with Crippen molar-refractivity contribution in [2.45, 2.75) is 13.0 Å². The molecule has 2 aromatic rings. The summed E-state index contributed by atoms with van der Waals surface area (Å²) in [6.45, 7) is 1.52. The fourth-order valence-electron chi connectivity index (χ4n) is 2.79. The van der Waals surface area contributed by atoms with E-state index in [1.807, 2.05) is 7.05 Å². The van der Waals surface area contributed by atoms with E-state index in [-0.39, 0.29) is 23.7 Å². The summed E-state index contributed by atoms with van der Waals surface area (Å²) in [4.78, 5) is 37.6. The first kappa shape index (κ1) is 19.8. The van der Waals surface area contributed by atoms with Gasteiger partial charge in [-0.2, -0.15) is 0 Å². The van der Waals surface area contributed by atoms with E-state index in [1.54, 1.807) is 0 Å². The number of nitrogens with two attached hydrogens (primary N) is 1. The molecule has 1 aromatic heterocycles. The highest BCUT2D eigenvalue weighted by Gasteiger charge is 2.26. The molecule has 1 aliphatic rings. The number of carbonyl (C=O) groups excluding carboxylic acids is 2. The van der Waals surface area contributed by atoms with Gasteiger partial charge in [0, 0.05) is 35.7 Å². The number of likely N-dealkylation sites (N-methyl/N-ethyl adjacent to an activating group) is 1. The SMILES string of the molecule is CN1CCc2c(sc(NC(=O)c3ccc([N+](=O)[O-])cc3)c2C(N)=O)C1.Cl. The van der Waals surface area contributed by atoms with Crippen molar-refractivity contribution < 1.29 is 14.5 Å². The van der Waals surface area contributed by atoms with Gasteiger partial charge in [0.2, 0.25) is 0 Å². The predicted octanol–water partition coefficient (Wildman–Crippen LogP) is 2.42. The number of nitro groups is 1. The second-order valence-electron chi connectivity index (χ2n) is 5.82. The van der Waals surface area contributed by atoms with E-state index < -0.39 is 16.7 Å². The van der Waals surface area contributed by atoms with Crippen LogP contribution in [0.2, 0.25) is 0 Å². The third-order valence-corrected chi connectivity index (χ3v) is 5.19. The number of amides is 2. The lowest BCUT2D eigenvalue weighted by Gasteiger charge is -2.22. The molecule has 10 heteroatoms. The van der Waals surface area contributed by atoms with Crippen molar-refractivity contribution >= 4 is 46.2 Å². The van der Waals surface area contributed by atoms with Crippen molar-refractivity contribution in [1.29, 1.82) is 0 Å². The van der Waals surface area contributed by atoms with Gasteiger partial charge >= 0.3 is 0 Å². The number of thiophene rings is 1. The first-order chi connectivity index (χ1) is 11.9. The minimum Gasteiger partial charge on any atom is -0.365 e. The highest BCUT2D eigenvalue weighted by molar-refractivity contribution is 7.17. The topological polar surface area (TPSA) is 119 Å². The molecule has 0 atom stereocenters. The Balaban J connectivity index is 0.00000243. The summed E-state index contributed by atoms with van der Waals surface area (Å²) < 4.78 is 0. The third kappa shape index (κ3) is 3.85. The summed E-state index contributed by atoms with van der Waals surface area (Å²) in [6, 6.07) is 5.27. The zero-order valence-electron chi connectivity index (χ0n) is 13.9. The molecular formula is C16H17ClN4O4S. The van der Waals surface area contributed by atoms with Crippen molar-refractivity contribution in [3.63, 3.8) is 0 Å². The molecule has 0 fully saturated rings. The van der Waals surface area contributed by atoms with Gasteiger partial charge in [-0.1, -0.05) is 0 Å². The lowest BCUT2D eigenvalue weighted by Crippen LogP contribution is -2.27. The number of fused-ring (bicyclic) bond motifs is 1. The van der Waals surface area contributed by atoms with E-state index in [0.717, 1.165) is 17.0 Å². The summed E-state index contributed by atoms with van der Waals surface area (Å²) in [5.74, 6) is -1.01. The Morgan fingerprint density at radius 1 is 1.31 bits per heavy atom. The van der Waals surface area contributed by atoms with Crippen molar-refractivity contribution in [2.24, 2.45) is 5.73 Å². The predicted molar refractivity (Wildman–Crippen MR) is 101 cm³/mol. The molecule has 0 saturated carbocycles. The van der Waals surface area contributed by atoms with Crippen LogP contribution in [-0.2, 0) is 13.0 Å². The maximum Gasteiger partial charge on any atom is 0.269 e. The average molecular weight is 397 g/mol. The van der Waals surface area contributed by atoms with Gasteiger partial charge in [0.1, 0.15) is 5.00 Å². The lowest BCUT2D eigenvalue weighted by atomic mass is 10.0. The molecule has 1 aliphatic heterocycles. The van der Waals surface area contributed by atoms with Gasteiger partial charge in [0.15, 0.2) is 0 Å². The Bertz CT molecular complexity index is 866. The van der Waals surface area contributed by atoms with Crippen LogP contribution in [0.1, 0.15) is 31.2 Å². The van der Waals surface area contributed by atoms with Crippen LogP contribution in [0, 0.1) is 10.1 Å². The van der Waals surface area contributed by atoms with Crippen LogP contribution in [0.5, 0.6) is 0 Å². The monoisotopic (exact) mass is 396 g/mol. The third-order valence-electron chi connectivity index (χ3n) is 4.06. The molecule has 2 amide bonds. The van der Waals surface area contributed by atoms with E-state index in [9.17, 15) is 19.7 Å². The Morgan fingerprint density at radius 2 is 1.96 bits per heavy atom. The van der Waals surface area contributed by atoms with Crippen LogP contribution >= 0.6 is 23.7 Å². The fraction of sp³-hybridized carbons (Fsp3) is 0.250. The summed E-state index contributed by atoms with van der Waals surface area (Å²) in [5.41, 5.74) is 6.95. The smallest absolute Gasteiger partial charge is 0.269 e. The second kappa shape index (κ2) is 7.81. The zero-order chi connectivity index (χ0) is 18.1. The number of nitrogens with one attached hydrogen (secondary N) is 1. The summed E-state index contributed by atoms with van der Waals surface area (Å²) in [7, 11) is 1.99. The van der Waals surface area contributed by atoms with Crippen LogP contribution in [0.3, 0.4) is 0 Å². The summed E-state index contributed by atoms with van der Waals surface area (Å²) in [5, 5.41) is 13.8. The summed E-state index contributed by atoms with van der Waals surface area (Å²) >= 11 is 1.34. The number of nitrogens with zero attached hydrogens (tertiary/aromatic N) is 2. The molecule has 3 rings (SSSR count). The van der Waals surface area contributed by atoms with Gasteiger partial charge < -0.3 is 16.0 Å². The number of hydrogen-bond acceptors (Lipinski definition) is 6. The van der Waals surface area contributed by atoms with Crippen LogP contribution in [-0.4, -0.2) is 35.2 Å². The quantitative estimate of drug-likeness (QED) is 0.607. The van der Waals surface area contributed by atoms with Crippen LogP contribution in [0.4, 0.5) is 10.7 Å². The van der Waals surface area contributed by atoms with Crippen molar-refractivity contribution in [3.8, 4) is 0 Å². The second-order valence-corrected chi connectivity index (χ2v) is 6.92. The van der Waals surface area contributed by atoms with E-state index >= 15 is 0 Å². The number of hydrogen-bond donors (Lipinski definition) is 2. The highest BCUT2D eigenvalue weighted by Crippen LogP contribution is 2.36. The maximum absolute atomic E-state index is 12.4. The van der Waals surface area contributed by atoms with E-state index in [1.165, 1.54) is 35.6 Å². The molecule has 0 unspecified atom stereocenters. The van der Waals surface area contributed by atoms with Crippen molar-refractivity contribution in [3.05, 3.63) is 55.9 Å². The van der Waals surface area contributed by atoms with Gasteiger partial charge in [-0.05, 0) is 31.2 Å². The number of halogens is 1. The average Bonchev–Trinajstić information content (AvgIpc) is 2.91. The standard InChI is InChI=1S/C16H16N4O4S.ClH/c1-19-7-6-11-12(8-19)25-16(13(11)14(17)21)18-15(22)9-2-4-10(5-3-9)20(23)24;/h2-5H,6-8H2,1H3,(H2,17,21)(H,18,22);1H. The zero-order valence-corrected chi connectivity index (χ0v) is 15.5. The molecule has 1 aromatic carbocycles. The molecule has 26 heavy (non-hydrogen) atoms. The summed E-state index contributed by atoms with van der Waals surface area (Å²) in [6.07, 6.45) is 0.702. The highest BCUT2D eigenvalue weighted by atomic mass is 35.5. The lowest BCUT2D eigenvalue weighted by molar-refractivity contribution is -0.384. The van der Waals surface area contributed by atoms with Crippen molar-refractivity contribution in [2.75, 3.05) is 18.9 Å². The van der Waals surface area contributed by atoms with Gasteiger partial charge in [-0.3, -0.25) is 19.7 Å². The maximum atomic E-state index is 12.4. The van der Waals surface area contributed by atoms with Crippen LogP contribution in [0.25, 0.3) is 0 Å². The fourth-order valence-corrected chi connectivity index (χ4v) is 4.12. The largest absolute Gasteiger partial charge is 0.365 e. The number of primary amides is 1. The number of anilines is 1. The number of rotatable bonds is 4. The number of benzene rings is 1. The molecule has 2 heterocycles.